The first kappa shape index (κ1) is 22.8. The molecule has 4 atom stereocenters. The second-order valence-corrected chi connectivity index (χ2v) is 8.31. The van der Waals surface area contributed by atoms with Gasteiger partial charge in [-0.05, 0) is 38.5 Å². The van der Waals surface area contributed by atoms with Gasteiger partial charge in [0.25, 0.3) is 0 Å². The number of fused-ring (bicyclic) bond motifs is 1. The standard InChI is InChI=1S/C25H25FN2O5/c1-4-25(24(32)33-5-2)20-19(21(27-25)17-11-6-7-12-18(17)26)22(30)28(23(20)31)16-10-8-9-15(13-16)14(3)29/h6-13,19-21,27H,4-5H2,1-3H3/t19-,20+,21-,25+/m0/s1. The van der Waals surface area contributed by atoms with E-state index >= 15 is 0 Å². The van der Waals surface area contributed by atoms with Gasteiger partial charge in [0.05, 0.1) is 24.1 Å². The molecule has 0 bridgehead atoms. The summed E-state index contributed by atoms with van der Waals surface area (Å²) in [4.78, 5) is 53.4. The number of carbonyl (C=O) groups is 4. The quantitative estimate of drug-likeness (QED) is 0.411. The van der Waals surface area contributed by atoms with Gasteiger partial charge in [0, 0.05) is 17.2 Å². The molecule has 8 heteroatoms. The zero-order valence-corrected chi connectivity index (χ0v) is 18.6. The van der Waals surface area contributed by atoms with Crippen molar-refractivity contribution in [2.45, 2.75) is 38.8 Å². The lowest BCUT2D eigenvalue weighted by atomic mass is 9.78. The molecule has 0 unspecified atom stereocenters. The number of anilines is 1. The number of esters is 1. The number of nitrogens with zero attached hydrogens (tertiary/aromatic N) is 1. The molecule has 2 fully saturated rings. The molecular weight excluding hydrogens is 427 g/mol. The van der Waals surface area contributed by atoms with Gasteiger partial charge < -0.3 is 4.74 Å². The third-order valence-corrected chi connectivity index (χ3v) is 6.60. The Labute approximate surface area is 190 Å². The Hall–Kier alpha value is -3.39. The molecule has 4 rings (SSSR count). The summed E-state index contributed by atoms with van der Waals surface area (Å²) >= 11 is 0. The highest BCUT2D eigenvalue weighted by molar-refractivity contribution is 6.24. The van der Waals surface area contributed by atoms with Crippen LogP contribution in [0.4, 0.5) is 10.1 Å². The molecule has 2 aromatic rings. The lowest BCUT2D eigenvalue weighted by Crippen LogP contribution is -2.56. The minimum Gasteiger partial charge on any atom is -0.465 e. The van der Waals surface area contributed by atoms with Crippen LogP contribution < -0.4 is 10.2 Å². The van der Waals surface area contributed by atoms with Crippen molar-refractivity contribution in [1.82, 2.24) is 5.32 Å². The predicted octanol–water partition coefficient (Wildman–Crippen LogP) is 3.19. The fraction of sp³-hybridized carbons (Fsp3) is 0.360. The van der Waals surface area contributed by atoms with E-state index in [-0.39, 0.29) is 30.1 Å². The molecule has 1 N–H and O–H groups in total. The molecule has 2 aromatic carbocycles. The number of Topliss-reactive ketones (excluding diaryl/α,β-unsaturated/α-hetero) is 1. The van der Waals surface area contributed by atoms with Crippen LogP contribution in [0.1, 0.15) is 49.2 Å². The average Bonchev–Trinajstić information content (AvgIpc) is 3.28. The van der Waals surface area contributed by atoms with Crippen molar-refractivity contribution in [3.8, 4) is 0 Å². The number of hydrogen-bond acceptors (Lipinski definition) is 6. The van der Waals surface area contributed by atoms with Crippen molar-refractivity contribution in [3.63, 3.8) is 0 Å². The van der Waals surface area contributed by atoms with Crippen LogP contribution in [0.3, 0.4) is 0 Å². The molecule has 2 heterocycles. The van der Waals surface area contributed by atoms with Crippen molar-refractivity contribution >= 4 is 29.3 Å². The van der Waals surface area contributed by atoms with Crippen molar-refractivity contribution in [1.29, 1.82) is 0 Å². The summed E-state index contributed by atoms with van der Waals surface area (Å²) < 4.78 is 20.1. The molecule has 2 aliphatic heterocycles. The Balaban J connectivity index is 1.87. The van der Waals surface area contributed by atoms with Crippen LogP contribution in [-0.2, 0) is 19.1 Å². The zero-order valence-electron chi connectivity index (χ0n) is 18.6. The second kappa shape index (κ2) is 8.51. The van der Waals surface area contributed by atoms with Crippen molar-refractivity contribution < 1.29 is 28.3 Å². The maximum atomic E-state index is 14.8. The molecule has 0 aliphatic carbocycles. The number of ketones is 1. The molecule has 0 saturated carbocycles. The molecule has 33 heavy (non-hydrogen) atoms. The van der Waals surface area contributed by atoms with Crippen LogP contribution in [0, 0.1) is 17.7 Å². The average molecular weight is 452 g/mol. The maximum absolute atomic E-state index is 14.8. The number of halogens is 1. The molecular formula is C25H25FN2O5. The Morgan fingerprint density at radius 3 is 2.45 bits per heavy atom. The van der Waals surface area contributed by atoms with Crippen LogP contribution in [0.5, 0.6) is 0 Å². The molecule has 0 aromatic heterocycles. The molecule has 7 nitrogen and oxygen atoms in total. The van der Waals surface area contributed by atoms with Gasteiger partial charge in [0.15, 0.2) is 5.78 Å². The Morgan fingerprint density at radius 1 is 1.09 bits per heavy atom. The molecule has 2 aliphatic rings. The van der Waals surface area contributed by atoms with Crippen LogP contribution in [0.15, 0.2) is 48.5 Å². The number of nitrogens with one attached hydrogen (secondary N) is 1. The molecule has 2 saturated heterocycles. The number of rotatable bonds is 6. The van der Waals surface area contributed by atoms with Crippen LogP contribution >= 0.6 is 0 Å². The van der Waals surface area contributed by atoms with Gasteiger partial charge in [-0.1, -0.05) is 37.3 Å². The third-order valence-electron chi connectivity index (χ3n) is 6.60. The highest BCUT2D eigenvalue weighted by Gasteiger charge is 2.68. The van der Waals surface area contributed by atoms with E-state index in [9.17, 15) is 23.6 Å². The summed E-state index contributed by atoms with van der Waals surface area (Å²) in [5.74, 6) is -4.63. The van der Waals surface area contributed by atoms with Crippen LogP contribution in [0.2, 0.25) is 0 Å². The van der Waals surface area contributed by atoms with Gasteiger partial charge in [-0.2, -0.15) is 0 Å². The van der Waals surface area contributed by atoms with Crippen molar-refractivity contribution in [2.24, 2.45) is 11.8 Å². The SMILES string of the molecule is CCOC(=O)[C@]1(CC)N[C@@H](c2ccccc2F)[C@H]2C(=O)N(c3cccc(C(C)=O)c3)C(=O)[C@@H]21. The van der Waals surface area contributed by atoms with E-state index < -0.39 is 47.0 Å². The highest BCUT2D eigenvalue weighted by Crippen LogP contribution is 2.51. The summed E-state index contributed by atoms with van der Waals surface area (Å²) in [5, 5.41) is 3.12. The lowest BCUT2D eigenvalue weighted by Gasteiger charge is -2.32. The predicted molar refractivity (Wildman–Crippen MR) is 118 cm³/mol. The van der Waals surface area contributed by atoms with Gasteiger partial charge in [-0.3, -0.25) is 24.5 Å². The third kappa shape index (κ3) is 3.45. The normalized spacial score (nSPS) is 26.4. The van der Waals surface area contributed by atoms with Gasteiger partial charge in [0.1, 0.15) is 11.4 Å². The maximum Gasteiger partial charge on any atom is 0.327 e. The topological polar surface area (TPSA) is 92.8 Å². The summed E-state index contributed by atoms with van der Waals surface area (Å²) in [5.41, 5.74) is -0.699. The van der Waals surface area contributed by atoms with Gasteiger partial charge in [0.2, 0.25) is 11.8 Å². The first-order chi connectivity index (χ1) is 15.8. The Kier molecular flexibility index (Phi) is 5.88. The number of amides is 2. The van der Waals surface area contributed by atoms with Crippen molar-refractivity contribution in [2.75, 3.05) is 11.5 Å². The molecule has 0 radical (unpaired) electrons. The van der Waals surface area contributed by atoms with E-state index in [1.54, 1.807) is 38.1 Å². The van der Waals surface area contributed by atoms with Crippen LogP contribution in [-0.4, -0.2) is 35.7 Å². The van der Waals surface area contributed by atoms with E-state index in [0.717, 1.165) is 4.90 Å². The van der Waals surface area contributed by atoms with E-state index in [4.69, 9.17) is 4.74 Å². The Bertz CT molecular complexity index is 1150. The fourth-order valence-corrected chi connectivity index (χ4v) is 5.03. The summed E-state index contributed by atoms with van der Waals surface area (Å²) in [6.45, 7) is 4.86. The lowest BCUT2D eigenvalue weighted by molar-refractivity contribution is -0.154. The largest absolute Gasteiger partial charge is 0.465 e. The van der Waals surface area contributed by atoms with Gasteiger partial charge in [-0.15, -0.1) is 0 Å². The monoisotopic (exact) mass is 452 g/mol. The second-order valence-electron chi connectivity index (χ2n) is 8.31. The zero-order chi connectivity index (χ0) is 23.9. The Morgan fingerprint density at radius 2 is 1.82 bits per heavy atom. The van der Waals surface area contributed by atoms with Crippen molar-refractivity contribution in [3.05, 3.63) is 65.5 Å². The fourth-order valence-electron chi connectivity index (χ4n) is 5.03. The van der Waals surface area contributed by atoms with E-state index in [2.05, 4.69) is 5.32 Å². The first-order valence-electron chi connectivity index (χ1n) is 10.9. The minimum atomic E-state index is -1.49. The number of hydrogen-bond donors (Lipinski definition) is 1. The number of ether oxygens (including phenoxy) is 1. The number of carbonyl (C=O) groups excluding carboxylic acids is 4. The smallest absolute Gasteiger partial charge is 0.327 e. The molecule has 2 amide bonds. The molecule has 0 spiro atoms. The summed E-state index contributed by atoms with van der Waals surface area (Å²) in [6.07, 6.45) is 0.165. The summed E-state index contributed by atoms with van der Waals surface area (Å²) in [6, 6.07) is 11.3. The molecule has 172 valence electrons. The highest BCUT2D eigenvalue weighted by atomic mass is 19.1. The van der Waals surface area contributed by atoms with E-state index in [1.807, 2.05) is 0 Å². The summed E-state index contributed by atoms with van der Waals surface area (Å²) in [7, 11) is 0. The number of imide groups is 1. The first-order valence-corrected chi connectivity index (χ1v) is 10.9. The van der Waals surface area contributed by atoms with Gasteiger partial charge in [-0.25, -0.2) is 9.29 Å². The van der Waals surface area contributed by atoms with E-state index in [1.165, 1.54) is 31.2 Å². The minimum absolute atomic E-state index is 0.0938. The van der Waals surface area contributed by atoms with Gasteiger partial charge >= 0.3 is 5.97 Å². The van der Waals surface area contributed by atoms with Crippen LogP contribution in [0.25, 0.3) is 0 Å². The van der Waals surface area contributed by atoms with E-state index in [0.29, 0.717) is 5.56 Å². The number of benzene rings is 2.